The van der Waals surface area contributed by atoms with Gasteiger partial charge in [-0.05, 0) is 37.3 Å². The number of nitrogens with zero attached hydrogens (tertiary/aromatic N) is 3. The van der Waals surface area contributed by atoms with Crippen molar-refractivity contribution in [2.45, 2.75) is 25.8 Å². The van der Waals surface area contributed by atoms with E-state index in [9.17, 15) is 9.59 Å². The molecular weight excluding hydrogens is 330 g/mol. The van der Waals surface area contributed by atoms with Crippen LogP contribution in [0.15, 0.2) is 24.3 Å². The molecule has 2 atom stereocenters. The number of rotatable bonds is 5. The van der Waals surface area contributed by atoms with Crippen LogP contribution in [0.5, 0.6) is 5.75 Å². The van der Waals surface area contributed by atoms with Gasteiger partial charge in [-0.1, -0.05) is 18.2 Å². The number of aryl methyl sites for hydroxylation is 1. The molecule has 26 heavy (non-hydrogen) atoms. The van der Waals surface area contributed by atoms with E-state index in [0.717, 1.165) is 43.8 Å². The van der Waals surface area contributed by atoms with Gasteiger partial charge in [-0.15, -0.1) is 0 Å². The molecule has 0 N–H and O–H groups in total. The minimum atomic E-state index is 0.0451. The molecule has 6 nitrogen and oxygen atoms in total. The summed E-state index contributed by atoms with van der Waals surface area (Å²) in [6.07, 6.45) is 2.13. The summed E-state index contributed by atoms with van der Waals surface area (Å²) < 4.78 is 5.76. The average Bonchev–Trinajstić information content (AvgIpc) is 2.91. The van der Waals surface area contributed by atoms with Gasteiger partial charge >= 0.3 is 0 Å². The minimum absolute atomic E-state index is 0.0451. The molecule has 2 amide bonds. The Hall–Kier alpha value is -2.08. The van der Waals surface area contributed by atoms with Crippen molar-refractivity contribution in [2.24, 2.45) is 5.92 Å². The summed E-state index contributed by atoms with van der Waals surface area (Å²) in [4.78, 5) is 30.6. The molecule has 1 aromatic carbocycles. The Balaban J connectivity index is 1.60. The van der Waals surface area contributed by atoms with Crippen LogP contribution in [0.4, 0.5) is 0 Å². The second-order valence-electron chi connectivity index (χ2n) is 7.68. The molecule has 3 saturated heterocycles. The smallest absolute Gasteiger partial charge is 0.260 e. The summed E-state index contributed by atoms with van der Waals surface area (Å²) in [5.74, 6) is 1.36. The van der Waals surface area contributed by atoms with Crippen molar-refractivity contribution in [1.82, 2.24) is 14.7 Å². The van der Waals surface area contributed by atoms with Gasteiger partial charge in [0.05, 0.1) is 6.54 Å². The van der Waals surface area contributed by atoms with Gasteiger partial charge in [0.2, 0.25) is 5.91 Å². The minimum Gasteiger partial charge on any atom is -0.484 e. The fourth-order valence-corrected chi connectivity index (χ4v) is 3.89. The van der Waals surface area contributed by atoms with Gasteiger partial charge in [0.1, 0.15) is 5.75 Å². The summed E-state index contributed by atoms with van der Waals surface area (Å²) in [5.41, 5.74) is 1.03. The predicted octanol–water partition coefficient (Wildman–Crippen LogP) is 1.38. The third-order valence-corrected chi connectivity index (χ3v) is 5.41. The van der Waals surface area contributed by atoms with Crippen LogP contribution in [0.2, 0.25) is 0 Å². The summed E-state index contributed by atoms with van der Waals surface area (Å²) in [7, 11) is 3.57. The van der Waals surface area contributed by atoms with Gasteiger partial charge in [0.25, 0.3) is 5.91 Å². The van der Waals surface area contributed by atoms with E-state index in [1.165, 1.54) is 0 Å². The third kappa shape index (κ3) is 4.36. The van der Waals surface area contributed by atoms with E-state index in [-0.39, 0.29) is 24.5 Å². The molecule has 0 saturated carbocycles. The number of hydrogen-bond acceptors (Lipinski definition) is 4. The molecular formula is C20H29N3O3. The molecule has 0 radical (unpaired) electrons. The van der Waals surface area contributed by atoms with Crippen LogP contribution >= 0.6 is 0 Å². The highest BCUT2D eigenvalue weighted by Gasteiger charge is 2.37. The first kappa shape index (κ1) is 18.7. The number of carbonyl (C=O) groups is 2. The standard InChI is InChI=1S/C20H29N3O3/c1-15-6-4-5-7-18(15)26-14-20(25)23-11-16-8-9-17(23)12-22(10-16)13-19(24)21(2)3/h4-7,16-17H,8-14H2,1-3H3/t16-,17+/m0/s1. The number of para-hydroxylation sites is 1. The van der Waals surface area contributed by atoms with Crippen LogP contribution in [0.25, 0.3) is 0 Å². The molecule has 1 aromatic rings. The highest BCUT2D eigenvalue weighted by Crippen LogP contribution is 2.28. The molecule has 3 aliphatic heterocycles. The summed E-state index contributed by atoms with van der Waals surface area (Å²) in [5, 5.41) is 0. The number of hydrogen-bond donors (Lipinski definition) is 0. The van der Waals surface area contributed by atoms with Gasteiger partial charge in [0.15, 0.2) is 6.61 Å². The number of piperidine rings is 1. The number of benzene rings is 1. The Labute approximate surface area is 155 Å². The second-order valence-corrected chi connectivity index (χ2v) is 7.68. The zero-order chi connectivity index (χ0) is 18.7. The van der Waals surface area contributed by atoms with E-state index in [0.29, 0.717) is 12.5 Å². The van der Waals surface area contributed by atoms with Crippen molar-refractivity contribution in [3.05, 3.63) is 29.8 Å². The molecule has 2 bridgehead atoms. The van der Waals surface area contributed by atoms with E-state index in [2.05, 4.69) is 4.90 Å². The lowest BCUT2D eigenvalue weighted by Crippen LogP contribution is -2.49. The Morgan fingerprint density at radius 2 is 1.92 bits per heavy atom. The molecule has 3 aliphatic rings. The van der Waals surface area contributed by atoms with Crippen molar-refractivity contribution in [2.75, 3.05) is 46.9 Å². The zero-order valence-electron chi connectivity index (χ0n) is 16.0. The fourth-order valence-electron chi connectivity index (χ4n) is 3.89. The highest BCUT2D eigenvalue weighted by molar-refractivity contribution is 5.79. The highest BCUT2D eigenvalue weighted by atomic mass is 16.5. The summed E-state index contributed by atoms with van der Waals surface area (Å²) >= 11 is 0. The maximum absolute atomic E-state index is 12.8. The number of ether oxygens (including phenoxy) is 1. The van der Waals surface area contributed by atoms with Gasteiger partial charge in [0, 0.05) is 39.8 Å². The van der Waals surface area contributed by atoms with Crippen molar-refractivity contribution in [3.8, 4) is 5.75 Å². The first-order valence-electron chi connectivity index (χ1n) is 9.34. The molecule has 3 fully saturated rings. The lowest BCUT2D eigenvalue weighted by Gasteiger charge is -2.36. The van der Waals surface area contributed by atoms with E-state index < -0.39 is 0 Å². The van der Waals surface area contributed by atoms with Gasteiger partial charge in [-0.25, -0.2) is 0 Å². The Kier molecular flexibility index (Phi) is 5.81. The average molecular weight is 359 g/mol. The molecule has 0 aliphatic carbocycles. The second kappa shape index (κ2) is 8.08. The quantitative estimate of drug-likeness (QED) is 0.797. The van der Waals surface area contributed by atoms with E-state index in [4.69, 9.17) is 4.74 Å². The fraction of sp³-hybridized carbons (Fsp3) is 0.600. The monoisotopic (exact) mass is 359 g/mol. The first-order valence-corrected chi connectivity index (χ1v) is 9.34. The Bertz CT molecular complexity index is 661. The van der Waals surface area contributed by atoms with Crippen LogP contribution in [-0.2, 0) is 9.59 Å². The number of likely N-dealkylation sites (N-methyl/N-ethyl adjacent to an activating group) is 1. The largest absolute Gasteiger partial charge is 0.484 e. The first-order chi connectivity index (χ1) is 12.4. The van der Waals surface area contributed by atoms with Crippen molar-refractivity contribution < 1.29 is 14.3 Å². The maximum atomic E-state index is 12.8. The van der Waals surface area contributed by atoms with Gasteiger partial charge < -0.3 is 14.5 Å². The molecule has 0 unspecified atom stereocenters. The van der Waals surface area contributed by atoms with E-state index >= 15 is 0 Å². The topological polar surface area (TPSA) is 53.1 Å². The molecule has 4 rings (SSSR count). The van der Waals surface area contributed by atoms with Crippen molar-refractivity contribution >= 4 is 11.8 Å². The van der Waals surface area contributed by atoms with Crippen LogP contribution in [0, 0.1) is 12.8 Å². The Morgan fingerprint density at radius 3 is 2.65 bits per heavy atom. The van der Waals surface area contributed by atoms with E-state index in [1.54, 1.807) is 19.0 Å². The molecule has 142 valence electrons. The number of amides is 2. The number of carbonyl (C=O) groups excluding carboxylic acids is 2. The number of fused-ring (bicyclic) bond motifs is 4. The Morgan fingerprint density at radius 1 is 1.15 bits per heavy atom. The summed E-state index contributed by atoms with van der Waals surface area (Å²) in [6.45, 7) is 4.91. The lowest BCUT2D eigenvalue weighted by molar-refractivity contribution is -0.137. The van der Waals surface area contributed by atoms with E-state index in [1.807, 2.05) is 36.1 Å². The third-order valence-electron chi connectivity index (χ3n) is 5.41. The van der Waals surface area contributed by atoms with Crippen molar-refractivity contribution in [3.63, 3.8) is 0 Å². The van der Waals surface area contributed by atoms with Crippen LogP contribution < -0.4 is 4.74 Å². The SMILES string of the molecule is Cc1ccccc1OCC(=O)N1C[C@H]2CC[C@@H]1CN(CC(=O)N(C)C)C2. The summed E-state index contributed by atoms with van der Waals surface area (Å²) in [6, 6.07) is 7.93. The molecule has 3 heterocycles. The van der Waals surface area contributed by atoms with Crippen LogP contribution in [0.1, 0.15) is 18.4 Å². The lowest BCUT2D eigenvalue weighted by atomic mass is 9.95. The maximum Gasteiger partial charge on any atom is 0.260 e. The molecule has 6 heteroatoms. The van der Waals surface area contributed by atoms with Gasteiger partial charge in [-0.3, -0.25) is 14.5 Å². The van der Waals surface area contributed by atoms with Crippen molar-refractivity contribution in [1.29, 1.82) is 0 Å². The molecule has 0 spiro atoms. The van der Waals surface area contributed by atoms with Crippen LogP contribution in [0.3, 0.4) is 0 Å². The van der Waals surface area contributed by atoms with Gasteiger partial charge in [-0.2, -0.15) is 0 Å². The normalized spacial score (nSPS) is 22.8. The zero-order valence-corrected chi connectivity index (χ0v) is 16.0. The molecule has 0 aromatic heterocycles. The predicted molar refractivity (Wildman–Crippen MR) is 100 cm³/mol. The van der Waals surface area contributed by atoms with Crippen LogP contribution in [-0.4, -0.2) is 79.4 Å².